The van der Waals surface area contributed by atoms with Crippen LogP contribution in [0.1, 0.15) is 55.6 Å². The summed E-state index contributed by atoms with van der Waals surface area (Å²) in [5.41, 5.74) is 3.33. The Morgan fingerprint density at radius 3 is 2.73 bits per heavy atom. The summed E-state index contributed by atoms with van der Waals surface area (Å²) in [6.45, 7) is 8.34. The van der Waals surface area contributed by atoms with Crippen LogP contribution in [0.5, 0.6) is 0 Å². The first-order valence-electron chi connectivity index (χ1n) is 8.03. The van der Waals surface area contributed by atoms with Crippen molar-refractivity contribution in [2.75, 3.05) is 13.1 Å². The molecule has 1 amide bonds. The van der Waals surface area contributed by atoms with E-state index in [0.29, 0.717) is 12.3 Å². The molecule has 2 N–H and O–H groups in total. The summed E-state index contributed by atoms with van der Waals surface area (Å²) in [7, 11) is 1.95. The molecule has 6 heteroatoms. The van der Waals surface area contributed by atoms with Crippen molar-refractivity contribution < 1.29 is 4.79 Å². The second-order valence-electron chi connectivity index (χ2n) is 6.13. The molecule has 1 saturated heterocycles. The fraction of sp³-hybridized carbons (Fsp3) is 0.750. The summed E-state index contributed by atoms with van der Waals surface area (Å²) >= 11 is 0. The van der Waals surface area contributed by atoms with Gasteiger partial charge in [-0.25, -0.2) is 0 Å². The van der Waals surface area contributed by atoms with Crippen LogP contribution in [0.25, 0.3) is 0 Å². The molecule has 126 valence electrons. The zero-order valence-electron chi connectivity index (χ0n) is 14.1. The van der Waals surface area contributed by atoms with E-state index in [1.165, 1.54) is 12.0 Å². The molecule has 0 spiro atoms. The molecule has 1 aliphatic heterocycles. The van der Waals surface area contributed by atoms with Crippen molar-refractivity contribution in [3.63, 3.8) is 0 Å². The lowest BCUT2D eigenvalue weighted by molar-refractivity contribution is -0.122. The fourth-order valence-electron chi connectivity index (χ4n) is 3.24. The first kappa shape index (κ1) is 19.0. The van der Waals surface area contributed by atoms with Gasteiger partial charge in [0.25, 0.3) is 0 Å². The number of nitrogens with one attached hydrogen (secondary N) is 2. The maximum absolute atomic E-state index is 12.2. The van der Waals surface area contributed by atoms with Gasteiger partial charge in [-0.3, -0.25) is 9.48 Å². The van der Waals surface area contributed by atoms with Crippen LogP contribution in [0, 0.1) is 19.8 Å². The maximum atomic E-state index is 12.2. The lowest BCUT2D eigenvalue weighted by Crippen LogP contribution is -2.29. The van der Waals surface area contributed by atoms with E-state index in [1.807, 2.05) is 18.7 Å². The Bertz CT molecular complexity index is 495. The smallest absolute Gasteiger partial charge is 0.220 e. The monoisotopic (exact) mass is 328 g/mol. The van der Waals surface area contributed by atoms with E-state index in [-0.39, 0.29) is 24.4 Å². The third-order valence-corrected chi connectivity index (χ3v) is 4.60. The van der Waals surface area contributed by atoms with Gasteiger partial charge in [0.15, 0.2) is 0 Å². The number of nitrogens with zero attached hydrogens (tertiary/aromatic N) is 2. The number of carbonyl (C=O) groups is 1. The summed E-state index contributed by atoms with van der Waals surface area (Å²) in [5.74, 6) is 0.828. The molecule has 22 heavy (non-hydrogen) atoms. The number of hydrogen-bond donors (Lipinski definition) is 2. The normalized spacial score (nSPS) is 18.8. The Balaban J connectivity index is 0.00000242. The van der Waals surface area contributed by atoms with Crippen LogP contribution in [0.3, 0.4) is 0 Å². The minimum Gasteiger partial charge on any atom is -0.349 e. The maximum Gasteiger partial charge on any atom is 0.220 e. The van der Waals surface area contributed by atoms with Gasteiger partial charge < -0.3 is 10.6 Å². The summed E-state index contributed by atoms with van der Waals surface area (Å²) in [4.78, 5) is 12.2. The topological polar surface area (TPSA) is 59.0 Å². The number of carbonyl (C=O) groups excluding carboxylic acids is 1. The van der Waals surface area contributed by atoms with Crippen molar-refractivity contribution in [3.8, 4) is 0 Å². The van der Waals surface area contributed by atoms with Crippen LogP contribution in [0.4, 0.5) is 0 Å². The molecule has 1 aromatic heterocycles. The summed E-state index contributed by atoms with van der Waals surface area (Å²) in [6.07, 6.45) is 3.71. The number of aryl methyl sites for hydroxylation is 2. The quantitative estimate of drug-likeness (QED) is 0.843. The zero-order chi connectivity index (χ0) is 15.4. The van der Waals surface area contributed by atoms with Gasteiger partial charge >= 0.3 is 0 Å². The summed E-state index contributed by atoms with van der Waals surface area (Å²) in [5, 5.41) is 11.0. The van der Waals surface area contributed by atoms with Crippen molar-refractivity contribution in [1.82, 2.24) is 20.4 Å². The largest absolute Gasteiger partial charge is 0.349 e. The predicted molar refractivity (Wildman–Crippen MR) is 91.3 cm³/mol. The van der Waals surface area contributed by atoms with Crippen LogP contribution in [0.15, 0.2) is 0 Å². The zero-order valence-corrected chi connectivity index (χ0v) is 14.9. The molecule has 5 nitrogen and oxygen atoms in total. The predicted octanol–water partition coefficient (Wildman–Crippen LogP) is 2.42. The molecule has 0 aromatic carbocycles. The highest BCUT2D eigenvalue weighted by atomic mass is 35.5. The van der Waals surface area contributed by atoms with E-state index < -0.39 is 0 Å². The average molecular weight is 329 g/mol. The highest BCUT2D eigenvalue weighted by Gasteiger charge is 2.21. The molecule has 2 atom stereocenters. The minimum atomic E-state index is 0. The lowest BCUT2D eigenvalue weighted by Gasteiger charge is -2.18. The first-order valence-corrected chi connectivity index (χ1v) is 8.03. The van der Waals surface area contributed by atoms with E-state index in [9.17, 15) is 4.79 Å². The van der Waals surface area contributed by atoms with Crippen LogP contribution < -0.4 is 10.6 Å². The molecule has 1 fully saturated rings. The van der Waals surface area contributed by atoms with Gasteiger partial charge in [-0.1, -0.05) is 6.92 Å². The van der Waals surface area contributed by atoms with Gasteiger partial charge in [-0.15, -0.1) is 12.4 Å². The van der Waals surface area contributed by atoms with Crippen molar-refractivity contribution >= 4 is 18.3 Å². The van der Waals surface area contributed by atoms with Gasteiger partial charge in [-0.2, -0.15) is 5.10 Å². The number of hydrogen-bond acceptors (Lipinski definition) is 3. The van der Waals surface area contributed by atoms with Crippen molar-refractivity contribution in [3.05, 3.63) is 17.0 Å². The van der Waals surface area contributed by atoms with Gasteiger partial charge in [0, 0.05) is 24.7 Å². The molecule has 2 rings (SSSR count). The van der Waals surface area contributed by atoms with E-state index in [0.717, 1.165) is 37.3 Å². The Kier molecular flexibility index (Phi) is 7.36. The van der Waals surface area contributed by atoms with Crippen LogP contribution >= 0.6 is 12.4 Å². The van der Waals surface area contributed by atoms with Crippen molar-refractivity contribution in [2.24, 2.45) is 13.0 Å². The van der Waals surface area contributed by atoms with Crippen LogP contribution in [-0.2, 0) is 11.8 Å². The third-order valence-electron chi connectivity index (χ3n) is 4.60. The minimum absolute atomic E-state index is 0. The molecular formula is C16H29ClN4O. The average Bonchev–Trinajstić information content (AvgIpc) is 3.04. The third kappa shape index (κ3) is 4.46. The standard InChI is InChI=1S/C16H28N4O.ClH/c1-5-14(16-11(2)19-20(4)12(16)3)18-15(21)7-6-13-8-9-17-10-13;/h13-14,17H,5-10H2,1-4H3,(H,18,21);1H. The Labute approximate surface area is 139 Å². The molecule has 2 heterocycles. The van der Waals surface area contributed by atoms with Gasteiger partial charge in [0.1, 0.15) is 0 Å². The number of amides is 1. The van der Waals surface area contributed by atoms with E-state index in [4.69, 9.17) is 0 Å². The Morgan fingerprint density at radius 1 is 1.50 bits per heavy atom. The van der Waals surface area contributed by atoms with Gasteiger partial charge in [-0.05, 0) is 52.1 Å². The lowest BCUT2D eigenvalue weighted by atomic mass is 10.00. The van der Waals surface area contributed by atoms with E-state index in [1.54, 1.807) is 0 Å². The molecular weight excluding hydrogens is 300 g/mol. The molecule has 0 saturated carbocycles. The highest BCUT2D eigenvalue weighted by molar-refractivity contribution is 5.85. The van der Waals surface area contributed by atoms with E-state index >= 15 is 0 Å². The van der Waals surface area contributed by atoms with Crippen LogP contribution in [-0.4, -0.2) is 28.8 Å². The summed E-state index contributed by atoms with van der Waals surface area (Å²) < 4.78 is 1.89. The molecule has 1 aliphatic rings. The molecule has 0 bridgehead atoms. The first-order chi connectivity index (χ1) is 10.0. The fourth-order valence-corrected chi connectivity index (χ4v) is 3.24. The molecule has 0 aliphatic carbocycles. The number of aromatic nitrogens is 2. The van der Waals surface area contributed by atoms with E-state index in [2.05, 4.69) is 29.6 Å². The Morgan fingerprint density at radius 2 is 2.23 bits per heavy atom. The van der Waals surface area contributed by atoms with Crippen molar-refractivity contribution in [1.29, 1.82) is 0 Å². The second-order valence-corrected chi connectivity index (χ2v) is 6.13. The van der Waals surface area contributed by atoms with Gasteiger partial charge in [0.2, 0.25) is 5.91 Å². The molecule has 2 unspecified atom stereocenters. The SMILES string of the molecule is CCC(NC(=O)CCC1CCNC1)c1c(C)nn(C)c1C.Cl. The molecule has 1 aromatic rings. The number of halogens is 1. The van der Waals surface area contributed by atoms with Crippen LogP contribution in [0.2, 0.25) is 0 Å². The Hall–Kier alpha value is -1.07. The van der Waals surface area contributed by atoms with Crippen molar-refractivity contribution in [2.45, 2.75) is 52.5 Å². The second kappa shape index (κ2) is 8.53. The number of rotatable bonds is 6. The van der Waals surface area contributed by atoms with Gasteiger partial charge in [0.05, 0.1) is 11.7 Å². The molecule has 0 radical (unpaired) electrons. The summed E-state index contributed by atoms with van der Waals surface area (Å²) in [6, 6.07) is 0.0768. The highest BCUT2D eigenvalue weighted by Crippen LogP contribution is 2.24.